The lowest BCUT2D eigenvalue weighted by Crippen LogP contribution is -2.30. The van der Waals surface area contributed by atoms with E-state index in [0.29, 0.717) is 17.0 Å². The molecule has 1 atom stereocenters. The minimum atomic E-state index is -0.961. The van der Waals surface area contributed by atoms with Crippen molar-refractivity contribution in [2.75, 3.05) is 12.0 Å². The summed E-state index contributed by atoms with van der Waals surface area (Å²) in [4.78, 5) is 38.2. The van der Waals surface area contributed by atoms with Crippen LogP contribution in [0.1, 0.15) is 22.7 Å². The van der Waals surface area contributed by atoms with E-state index in [9.17, 15) is 24.8 Å². The Labute approximate surface area is 189 Å². The monoisotopic (exact) mass is 444 g/mol. The molecule has 1 amide bonds. The van der Waals surface area contributed by atoms with Crippen LogP contribution in [0.2, 0.25) is 0 Å². The van der Waals surface area contributed by atoms with E-state index in [1.54, 1.807) is 36.4 Å². The number of para-hydroxylation sites is 2. The van der Waals surface area contributed by atoms with Crippen molar-refractivity contribution in [2.45, 2.75) is 13.0 Å². The van der Waals surface area contributed by atoms with E-state index >= 15 is 0 Å². The lowest BCUT2D eigenvalue weighted by molar-refractivity contribution is -0.384. The van der Waals surface area contributed by atoms with E-state index in [-0.39, 0.29) is 16.8 Å². The second-order valence-electron chi connectivity index (χ2n) is 7.50. The van der Waals surface area contributed by atoms with Gasteiger partial charge in [-0.1, -0.05) is 36.4 Å². The largest absolute Gasteiger partial charge is 0.507 e. The highest BCUT2D eigenvalue weighted by atomic mass is 16.6. The number of Topliss-reactive ketones (excluding diaryl/α,β-unsaturated/α-hetero) is 1. The summed E-state index contributed by atoms with van der Waals surface area (Å²) in [6.07, 6.45) is 0. The third kappa shape index (κ3) is 3.71. The van der Waals surface area contributed by atoms with Crippen LogP contribution in [-0.4, -0.2) is 28.8 Å². The van der Waals surface area contributed by atoms with Crippen molar-refractivity contribution in [1.82, 2.24) is 0 Å². The number of non-ortho nitro benzene ring substituents is 1. The standard InChI is InChI=1S/C25H20N2O6/c1-15-7-3-5-9-19(15)26-22(18-8-4-6-10-20(18)33-2)21(24(29)25(26)30)23(28)16-11-13-17(14-12-16)27(31)32/h3-14,22,28H,1-2H3/b23-21+. The summed E-state index contributed by atoms with van der Waals surface area (Å²) in [5.41, 5.74) is 1.72. The molecule has 3 aromatic carbocycles. The predicted molar refractivity (Wildman–Crippen MR) is 122 cm³/mol. The Morgan fingerprint density at radius 3 is 2.27 bits per heavy atom. The Balaban J connectivity index is 1.97. The number of aryl methyl sites for hydroxylation is 1. The lowest BCUT2D eigenvalue weighted by atomic mass is 9.94. The number of ether oxygens (including phenoxy) is 1. The fraction of sp³-hybridized carbons (Fsp3) is 0.120. The van der Waals surface area contributed by atoms with Crippen LogP contribution in [0.5, 0.6) is 5.75 Å². The van der Waals surface area contributed by atoms with E-state index in [0.717, 1.165) is 5.56 Å². The Kier molecular flexibility index (Phi) is 5.66. The zero-order chi connectivity index (χ0) is 23.7. The van der Waals surface area contributed by atoms with E-state index in [1.165, 1.54) is 36.3 Å². The van der Waals surface area contributed by atoms with Gasteiger partial charge in [0.25, 0.3) is 17.4 Å². The molecular formula is C25H20N2O6. The second kappa shape index (κ2) is 8.58. The van der Waals surface area contributed by atoms with Crippen molar-refractivity contribution < 1.29 is 24.4 Å². The van der Waals surface area contributed by atoms with Crippen molar-refractivity contribution in [2.24, 2.45) is 0 Å². The third-order valence-corrected chi connectivity index (χ3v) is 5.60. The molecule has 1 aliphatic heterocycles. The van der Waals surface area contributed by atoms with Gasteiger partial charge < -0.3 is 9.84 Å². The number of hydrogen-bond acceptors (Lipinski definition) is 6. The van der Waals surface area contributed by atoms with Gasteiger partial charge in [0.15, 0.2) is 0 Å². The summed E-state index contributed by atoms with van der Waals surface area (Å²) >= 11 is 0. The molecule has 0 bridgehead atoms. The number of nitro benzene ring substituents is 1. The van der Waals surface area contributed by atoms with Gasteiger partial charge >= 0.3 is 0 Å². The van der Waals surface area contributed by atoms with Crippen LogP contribution in [0.25, 0.3) is 5.76 Å². The molecule has 166 valence electrons. The molecule has 0 radical (unpaired) electrons. The van der Waals surface area contributed by atoms with Crippen LogP contribution < -0.4 is 9.64 Å². The summed E-state index contributed by atoms with van der Waals surface area (Å²) < 4.78 is 5.49. The molecular weight excluding hydrogens is 424 g/mol. The average molecular weight is 444 g/mol. The summed E-state index contributed by atoms with van der Waals surface area (Å²) in [5, 5.41) is 22.1. The van der Waals surface area contributed by atoms with Crippen LogP contribution in [-0.2, 0) is 9.59 Å². The molecule has 8 heteroatoms. The van der Waals surface area contributed by atoms with Crippen LogP contribution in [0.4, 0.5) is 11.4 Å². The maximum absolute atomic E-state index is 13.2. The van der Waals surface area contributed by atoms with Crippen molar-refractivity contribution in [3.8, 4) is 5.75 Å². The number of methoxy groups -OCH3 is 1. The number of aliphatic hydroxyl groups is 1. The Bertz CT molecular complexity index is 1300. The first-order chi connectivity index (χ1) is 15.8. The molecule has 3 aromatic rings. The van der Waals surface area contributed by atoms with Gasteiger partial charge in [0.2, 0.25) is 0 Å². The van der Waals surface area contributed by atoms with E-state index in [2.05, 4.69) is 0 Å². The molecule has 0 saturated carbocycles. The first-order valence-electron chi connectivity index (χ1n) is 10.1. The number of amides is 1. The van der Waals surface area contributed by atoms with Gasteiger partial charge in [-0.15, -0.1) is 0 Å². The van der Waals surface area contributed by atoms with Crippen molar-refractivity contribution >= 4 is 28.8 Å². The molecule has 0 aliphatic carbocycles. The molecule has 0 aromatic heterocycles. The normalized spacial score (nSPS) is 17.3. The molecule has 1 fully saturated rings. The Hall–Kier alpha value is -4.46. The molecule has 1 saturated heterocycles. The maximum atomic E-state index is 13.2. The van der Waals surface area contributed by atoms with E-state index in [1.807, 2.05) is 19.1 Å². The van der Waals surface area contributed by atoms with E-state index in [4.69, 9.17) is 4.74 Å². The molecule has 1 N–H and O–H groups in total. The van der Waals surface area contributed by atoms with Gasteiger partial charge in [-0.3, -0.25) is 24.6 Å². The van der Waals surface area contributed by atoms with Crippen molar-refractivity contribution in [1.29, 1.82) is 0 Å². The fourth-order valence-corrected chi connectivity index (χ4v) is 4.00. The predicted octanol–water partition coefficient (Wildman–Crippen LogP) is 4.54. The smallest absolute Gasteiger partial charge is 0.300 e. The molecule has 8 nitrogen and oxygen atoms in total. The minimum absolute atomic E-state index is 0.124. The lowest BCUT2D eigenvalue weighted by Gasteiger charge is -2.27. The Morgan fingerprint density at radius 2 is 1.64 bits per heavy atom. The zero-order valence-electron chi connectivity index (χ0n) is 17.9. The molecule has 1 heterocycles. The van der Waals surface area contributed by atoms with Gasteiger partial charge in [0.1, 0.15) is 11.5 Å². The first-order valence-corrected chi connectivity index (χ1v) is 10.1. The molecule has 0 spiro atoms. The number of benzene rings is 3. The summed E-state index contributed by atoms with van der Waals surface area (Å²) in [7, 11) is 1.48. The Morgan fingerprint density at radius 1 is 1.00 bits per heavy atom. The summed E-state index contributed by atoms with van der Waals surface area (Å²) in [6.45, 7) is 1.82. The van der Waals surface area contributed by atoms with E-state index < -0.39 is 28.4 Å². The zero-order valence-corrected chi connectivity index (χ0v) is 17.9. The van der Waals surface area contributed by atoms with Gasteiger partial charge in [-0.05, 0) is 36.8 Å². The van der Waals surface area contributed by atoms with Gasteiger partial charge in [0, 0.05) is 28.9 Å². The number of hydrogen-bond donors (Lipinski definition) is 1. The van der Waals surface area contributed by atoms with Gasteiger partial charge in [-0.25, -0.2) is 0 Å². The molecule has 4 rings (SSSR count). The number of rotatable bonds is 5. The van der Waals surface area contributed by atoms with Gasteiger partial charge in [0.05, 0.1) is 23.6 Å². The van der Waals surface area contributed by atoms with Crippen molar-refractivity contribution in [3.05, 3.63) is 105 Å². The second-order valence-corrected chi connectivity index (χ2v) is 7.50. The van der Waals surface area contributed by atoms with Crippen LogP contribution >= 0.6 is 0 Å². The van der Waals surface area contributed by atoms with Crippen molar-refractivity contribution in [3.63, 3.8) is 0 Å². The number of carbonyl (C=O) groups is 2. The number of nitro groups is 1. The number of anilines is 1. The summed E-state index contributed by atoms with van der Waals surface area (Å²) in [5.74, 6) is -1.62. The van der Waals surface area contributed by atoms with Crippen LogP contribution in [0.15, 0.2) is 78.4 Å². The number of ketones is 1. The fourth-order valence-electron chi connectivity index (χ4n) is 4.00. The number of carbonyl (C=O) groups excluding carboxylic acids is 2. The topological polar surface area (TPSA) is 110 Å². The highest BCUT2D eigenvalue weighted by Crippen LogP contribution is 2.45. The van der Waals surface area contributed by atoms with Crippen LogP contribution in [0, 0.1) is 17.0 Å². The van der Waals surface area contributed by atoms with Crippen LogP contribution in [0.3, 0.4) is 0 Å². The number of nitrogens with zero attached hydrogens (tertiary/aromatic N) is 2. The molecule has 1 aliphatic rings. The number of aliphatic hydroxyl groups excluding tert-OH is 1. The average Bonchev–Trinajstić information content (AvgIpc) is 3.09. The molecule has 1 unspecified atom stereocenters. The highest BCUT2D eigenvalue weighted by Gasteiger charge is 2.48. The molecule has 33 heavy (non-hydrogen) atoms. The highest BCUT2D eigenvalue weighted by molar-refractivity contribution is 6.51. The third-order valence-electron chi connectivity index (χ3n) is 5.60. The quantitative estimate of drug-likeness (QED) is 0.203. The first kappa shape index (κ1) is 21.8. The minimum Gasteiger partial charge on any atom is -0.507 e. The SMILES string of the molecule is COc1ccccc1C1/C(=C(\O)c2ccc([N+](=O)[O-])cc2)C(=O)C(=O)N1c1ccccc1C. The maximum Gasteiger partial charge on any atom is 0.300 e. The summed E-state index contributed by atoms with van der Waals surface area (Å²) in [6, 6.07) is 18.3. The van der Waals surface area contributed by atoms with Gasteiger partial charge in [-0.2, -0.15) is 0 Å².